The number of H-pyrrole nitrogens is 1. The molecule has 1 aromatic heterocycles. The molecule has 5 heteroatoms. The Hall–Kier alpha value is -1.75. The Kier molecular flexibility index (Phi) is 3.26. The van der Waals surface area contributed by atoms with Crippen LogP contribution in [0.3, 0.4) is 0 Å². The number of nitrogens with one attached hydrogen (secondary N) is 1. The third kappa shape index (κ3) is 2.24. The van der Waals surface area contributed by atoms with E-state index in [1.165, 1.54) is 18.6 Å². The van der Waals surface area contributed by atoms with Crippen LogP contribution < -0.4 is 10.2 Å². The average molecular weight is 314 g/mol. The summed E-state index contributed by atoms with van der Waals surface area (Å²) in [7, 11) is 1.65. The first-order valence-corrected chi connectivity index (χ1v) is 8.61. The van der Waals surface area contributed by atoms with E-state index in [0.717, 1.165) is 28.3 Å². The topological polar surface area (TPSA) is 54.4 Å². The van der Waals surface area contributed by atoms with Crippen LogP contribution in [-0.2, 0) is 0 Å². The number of aromatic amines is 1. The second-order valence-corrected chi connectivity index (χ2v) is 7.03. The lowest BCUT2D eigenvalue weighted by Gasteiger charge is -2.12. The number of pyridine rings is 1. The Balaban J connectivity index is 1.82. The molecule has 2 heterocycles. The van der Waals surface area contributed by atoms with Gasteiger partial charge in [0.1, 0.15) is 11.1 Å². The van der Waals surface area contributed by atoms with E-state index in [1.54, 1.807) is 24.9 Å². The fourth-order valence-corrected chi connectivity index (χ4v) is 4.16. The van der Waals surface area contributed by atoms with Gasteiger partial charge in [0.15, 0.2) is 5.43 Å². The van der Waals surface area contributed by atoms with Crippen LogP contribution in [0, 0.1) is 12.8 Å². The van der Waals surface area contributed by atoms with E-state index in [2.05, 4.69) is 4.98 Å². The van der Waals surface area contributed by atoms with Crippen LogP contribution in [0.5, 0.6) is 5.75 Å². The number of methoxy groups -OCH3 is 1. The molecule has 1 aliphatic heterocycles. The van der Waals surface area contributed by atoms with Crippen LogP contribution >= 0.6 is 11.8 Å². The van der Waals surface area contributed by atoms with E-state index < -0.39 is 0 Å². The summed E-state index contributed by atoms with van der Waals surface area (Å²) in [6.07, 6.45) is 2.55. The van der Waals surface area contributed by atoms with Gasteiger partial charge in [-0.2, -0.15) is 0 Å². The monoisotopic (exact) mass is 314 g/mol. The Bertz CT molecular complexity index is 836. The smallest absolute Gasteiger partial charge is 0.189 e. The lowest BCUT2D eigenvalue weighted by Crippen LogP contribution is -2.07. The van der Waals surface area contributed by atoms with Gasteiger partial charge in [0.2, 0.25) is 0 Å². The number of rotatable bonds is 3. The zero-order chi connectivity index (χ0) is 15.3. The highest BCUT2D eigenvalue weighted by molar-refractivity contribution is 8.00. The van der Waals surface area contributed by atoms with Gasteiger partial charge in [0, 0.05) is 28.5 Å². The zero-order valence-electron chi connectivity index (χ0n) is 12.7. The number of nitrogens with zero attached hydrogens (tertiary/aromatic N) is 1. The molecule has 4 rings (SSSR count). The first kappa shape index (κ1) is 13.9. The lowest BCUT2D eigenvalue weighted by molar-refractivity contribution is 0.412. The Morgan fingerprint density at radius 2 is 2.18 bits per heavy atom. The molecule has 1 atom stereocenters. The van der Waals surface area contributed by atoms with Gasteiger partial charge in [0.05, 0.1) is 18.3 Å². The van der Waals surface area contributed by atoms with Crippen molar-refractivity contribution >= 4 is 28.4 Å². The van der Waals surface area contributed by atoms with Gasteiger partial charge in [-0.25, -0.2) is 0 Å². The molecule has 1 aromatic carbocycles. The first-order valence-electron chi connectivity index (χ1n) is 7.56. The molecule has 1 unspecified atom stereocenters. The maximum absolute atomic E-state index is 12.4. The zero-order valence-corrected chi connectivity index (χ0v) is 13.5. The predicted octanol–water partition coefficient (Wildman–Crippen LogP) is 3.44. The maximum Gasteiger partial charge on any atom is 0.189 e. The van der Waals surface area contributed by atoms with Crippen LogP contribution in [0.25, 0.3) is 10.9 Å². The van der Waals surface area contributed by atoms with Crippen LogP contribution in [0.4, 0.5) is 0 Å². The molecule has 0 bridgehead atoms. The molecule has 0 spiro atoms. The fourth-order valence-electron chi connectivity index (χ4n) is 3.00. The maximum atomic E-state index is 12.4. The molecular formula is C17H18N2O2S. The number of aromatic nitrogens is 1. The summed E-state index contributed by atoms with van der Waals surface area (Å²) >= 11 is 1.80. The van der Waals surface area contributed by atoms with E-state index in [4.69, 9.17) is 9.73 Å². The summed E-state index contributed by atoms with van der Waals surface area (Å²) in [4.78, 5) is 20.7. The van der Waals surface area contributed by atoms with Crippen LogP contribution in [-0.4, -0.2) is 23.6 Å². The van der Waals surface area contributed by atoms with Gasteiger partial charge in [0.25, 0.3) is 0 Å². The number of hydrogen-bond acceptors (Lipinski definition) is 4. The SMILES string of the molecule is COc1ccc2c(=O)cc(C3N=C(C4CC4)CS3)[nH]c2c1C. The van der Waals surface area contributed by atoms with Crippen molar-refractivity contribution in [3.8, 4) is 5.75 Å². The molecule has 0 radical (unpaired) electrons. The molecule has 1 saturated carbocycles. The number of hydrogen-bond donors (Lipinski definition) is 1. The van der Waals surface area contributed by atoms with Crippen molar-refractivity contribution in [2.75, 3.05) is 12.9 Å². The number of thioether (sulfide) groups is 1. The highest BCUT2D eigenvalue weighted by Crippen LogP contribution is 2.42. The molecule has 114 valence electrons. The minimum absolute atomic E-state index is 0.0262. The van der Waals surface area contributed by atoms with Crippen molar-refractivity contribution in [2.45, 2.75) is 25.1 Å². The number of benzene rings is 1. The molecule has 2 aromatic rings. The largest absolute Gasteiger partial charge is 0.496 e. The van der Waals surface area contributed by atoms with Crippen molar-refractivity contribution in [1.29, 1.82) is 0 Å². The standard InChI is InChI=1S/C17H18N2O2S/c1-9-15(21-2)6-5-11-14(20)7-12(18-16(9)11)17-19-13(8-22-17)10-3-4-10/h5-7,10,17H,3-4,8H2,1-2H3,(H,18,20). The quantitative estimate of drug-likeness (QED) is 0.944. The Morgan fingerprint density at radius 3 is 2.91 bits per heavy atom. The fraction of sp³-hybridized carbons (Fsp3) is 0.412. The molecule has 0 amide bonds. The molecule has 1 aliphatic carbocycles. The summed E-state index contributed by atoms with van der Waals surface area (Å²) in [6, 6.07) is 5.37. The van der Waals surface area contributed by atoms with E-state index in [1.807, 2.05) is 19.1 Å². The van der Waals surface area contributed by atoms with Gasteiger partial charge >= 0.3 is 0 Å². The first-order chi connectivity index (χ1) is 10.7. The highest BCUT2D eigenvalue weighted by atomic mass is 32.2. The summed E-state index contributed by atoms with van der Waals surface area (Å²) < 4.78 is 5.36. The second-order valence-electron chi connectivity index (χ2n) is 5.96. The summed E-state index contributed by atoms with van der Waals surface area (Å²) in [5.74, 6) is 2.49. The Labute approximate surface area is 133 Å². The van der Waals surface area contributed by atoms with Crippen LogP contribution in [0.15, 0.2) is 28.0 Å². The molecule has 22 heavy (non-hydrogen) atoms. The number of aryl methyl sites for hydroxylation is 1. The normalized spacial score (nSPS) is 21.2. The van der Waals surface area contributed by atoms with Crippen molar-refractivity contribution in [3.05, 3.63) is 39.7 Å². The second kappa shape index (κ2) is 5.16. The minimum Gasteiger partial charge on any atom is -0.496 e. The lowest BCUT2D eigenvalue weighted by atomic mass is 10.1. The van der Waals surface area contributed by atoms with Crippen LogP contribution in [0.1, 0.15) is 29.5 Å². The van der Waals surface area contributed by atoms with Crippen molar-refractivity contribution in [1.82, 2.24) is 4.98 Å². The van der Waals surface area contributed by atoms with Gasteiger partial charge in [-0.1, -0.05) is 0 Å². The molecule has 0 saturated heterocycles. The van der Waals surface area contributed by atoms with Crippen molar-refractivity contribution < 1.29 is 4.74 Å². The van der Waals surface area contributed by atoms with Gasteiger partial charge in [-0.15, -0.1) is 11.8 Å². The predicted molar refractivity (Wildman–Crippen MR) is 91.2 cm³/mol. The molecular weight excluding hydrogens is 296 g/mol. The third-order valence-corrected chi connectivity index (χ3v) is 5.58. The number of ether oxygens (including phenoxy) is 1. The van der Waals surface area contributed by atoms with E-state index in [9.17, 15) is 4.79 Å². The Morgan fingerprint density at radius 1 is 1.36 bits per heavy atom. The summed E-state index contributed by atoms with van der Waals surface area (Å²) in [5, 5.41) is 0.731. The number of fused-ring (bicyclic) bond motifs is 1. The summed E-state index contributed by atoms with van der Waals surface area (Å²) in [5.41, 5.74) is 4.09. The van der Waals surface area contributed by atoms with Crippen LogP contribution in [0.2, 0.25) is 0 Å². The average Bonchev–Trinajstić information content (AvgIpc) is 3.25. The highest BCUT2D eigenvalue weighted by Gasteiger charge is 2.32. The van der Waals surface area contributed by atoms with E-state index >= 15 is 0 Å². The van der Waals surface area contributed by atoms with Gasteiger partial charge in [-0.05, 0) is 37.8 Å². The van der Waals surface area contributed by atoms with E-state index in [0.29, 0.717) is 11.3 Å². The van der Waals surface area contributed by atoms with E-state index in [-0.39, 0.29) is 10.8 Å². The molecule has 4 nitrogen and oxygen atoms in total. The third-order valence-electron chi connectivity index (χ3n) is 4.44. The van der Waals surface area contributed by atoms with Gasteiger partial charge in [-0.3, -0.25) is 9.79 Å². The molecule has 1 fully saturated rings. The molecule has 2 aliphatic rings. The van der Waals surface area contributed by atoms with Gasteiger partial charge < -0.3 is 9.72 Å². The minimum atomic E-state index is 0.0262. The summed E-state index contributed by atoms with van der Waals surface area (Å²) in [6.45, 7) is 1.97. The van der Waals surface area contributed by atoms with Crippen molar-refractivity contribution in [3.63, 3.8) is 0 Å². The number of aliphatic imine (C=N–C) groups is 1. The molecule has 1 N–H and O–H groups in total. The van der Waals surface area contributed by atoms with Crippen molar-refractivity contribution in [2.24, 2.45) is 10.9 Å².